The van der Waals surface area contributed by atoms with Crippen molar-refractivity contribution >= 4 is 33.0 Å². The first-order valence-corrected chi connectivity index (χ1v) is 8.14. The van der Waals surface area contributed by atoms with Crippen LogP contribution in [0, 0.1) is 5.92 Å². The molecule has 0 amide bonds. The Hall–Kier alpha value is -1.10. The van der Waals surface area contributed by atoms with E-state index in [1.165, 1.54) is 25.7 Å². The second-order valence-electron chi connectivity index (χ2n) is 5.71. The van der Waals surface area contributed by atoms with Crippen molar-refractivity contribution in [1.82, 2.24) is 14.5 Å². The number of imidazole rings is 1. The predicted molar refractivity (Wildman–Crippen MR) is 87.6 cm³/mol. The average Bonchev–Trinajstić information content (AvgIpc) is 2.68. The molecular formula is C15H23BrN4. The number of nitrogen functional groups attached to an aromatic ring is 1. The predicted octanol–water partition coefficient (Wildman–Crippen LogP) is 4.38. The Balaban J connectivity index is 1.88. The average molecular weight is 339 g/mol. The summed E-state index contributed by atoms with van der Waals surface area (Å²) in [6.45, 7) is 5.46. The maximum atomic E-state index is 5.98. The van der Waals surface area contributed by atoms with Crippen molar-refractivity contribution in [3.05, 3.63) is 16.7 Å². The van der Waals surface area contributed by atoms with Crippen LogP contribution in [0.3, 0.4) is 0 Å². The summed E-state index contributed by atoms with van der Waals surface area (Å²) in [4.78, 5) is 8.77. The fourth-order valence-corrected chi connectivity index (χ4v) is 2.72. The Kier molecular flexibility index (Phi) is 5.40. The van der Waals surface area contributed by atoms with Crippen molar-refractivity contribution in [1.29, 1.82) is 0 Å². The topological polar surface area (TPSA) is 56.7 Å². The number of hydrogen-bond donors (Lipinski definition) is 1. The molecule has 0 aliphatic carbocycles. The first-order valence-electron chi connectivity index (χ1n) is 7.35. The van der Waals surface area contributed by atoms with E-state index in [-0.39, 0.29) is 0 Å². The molecule has 4 nitrogen and oxygen atoms in total. The number of pyridine rings is 1. The van der Waals surface area contributed by atoms with Crippen molar-refractivity contribution in [2.45, 2.75) is 52.5 Å². The van der Waals surface area contributed by atoms with Crippen molar-refractivity contribution in [3.8, 4) is 0 Å². The van der Waals surface area contributed by atoms with Crippen molar-refractivity contribution < 1.29 is 0 Å². The molecule has 0 aromatic carbocycles. The Morgan fingerprint density at radius 2 is 2.00 bits per heavy atom. The smallest absolute Gasteiger partial charge is 0.202 e. The highest BCUT2D eigenvalue weighted by Gasteiger charge is 2.09. The Morgan fingerprint density at radius 1 is 1.25 bits per heavy atom. The number of rotatable bonds is 7. The number of nitrogens with zero attached hydrogens (tertiary/aromatic N) is 3. The van der Waals surface area contributed by atoms with E-state index in [4.69, 9.17) is 5.73 Å². The van der Waals surface area contributed by atoms with E-state index in [2.05, 4.69) is 39.7 Å². The summed E-state index contributed by atoms with van der Waals surface area (Å²) in [7, 11) is 0. The highest BCUT2D eigenvalue weighted by molar-refractivity contribution is 9.10. The molecule has 0 spiro atoms. The van der Waals surface area contributed by atoms with Crippen LogP contribution in [0.4, 0.5) is 5.95 Å². The fraction of sp³-hybridized carbons (Fsp3) is 0.600. The summed E-state index contributed by atoms with van der Waals surface area (Å²) in [6.07, 6.45) is 8.11. The fourth-order valence-electron chi connectivity index (χ4n) is 2.40. The summed E-state index contributed by atoms with van der Waals surface area (Å²) in [5.74, 6) is 1.37. The number of aryl methyl sites for hydroxylation is 1. The van der Waals surface area contributed by atoms with Crippen LogP contribution in [-0.2, 0) is 6.54 Å². The molecule has 2 aromatic rings. The molecule has 110 valence electrons. The van der Waals surface area contributed by atoms with E-state index in [9.17, 15) is 0 Å². The van der Waals surface area contributed by atoms with Crippen LogP contribution in [0.5, 0.6) is 0 Å². The lowest BCUT2D eigenvalue weighted by Crippen LogP contribution is -2.04. The van der Waals surface area contributed by atoms with Crippen LogP contribution < -0.4 is 5.73 Å². The second kappa shape index (κ2) is 7.07. The van der Waals surface area contributed by atoms with E-state index >= 15 is 0 Å². The zero-order valence-electron chi connectivity index (χ0n) is 12.3. The van der Waals surface area contributed by atoms with Gasteiger partial charge in [0.1, 0.15) is 5.52 Å². The van der Waals surface area contributed by atoms with Gasteiger partial charge in [0.05, 0.1) is 0 Å². The van der Waals surface area contributed by atoms with Gasteiger partial charge in [-0.25, -0.2) is 9.97 Å². The van der Waals surface area contributed by atoms with Gasteiger partial charge < -0.3 is 5.73 Å². The molecule has 2 aromatic heterocycles. The quantitative estimate of drug-likeness (QED) is 0.762. The summed E-state index contributed by atoms with van der Waals surface area (Å²) in [5.41, 5.74) is 7.72. The minimum absolute atomic E-state index is 0.563. The Bertz CT molecular complexity index is 562. The SMILES string of the molecule is CC(C)CCCCCCn1c(N)nc2cc(Br)cnc21. The molecule has 0 saturated carbocycles. The number of nitrogens with two attached hydrogens (primary N) is 1. The van der Waals surface area contributed by atoms with Crippen LogP contribution in [0.25, 0.3) is 11.2 Å². The maximum absolute atomic E-state index is 5.98. The second-order valence-corrected chi connectivity index (χ2v) is 6.63. The van der Waals surface area contributed by atoms with Gasteiger partial charge in [-0.15, -0.1) is 0 Å². The van der Waals surface area contributed by atoms with Gasteiger partial charge in [0, 0.05) is 17.2 Å². The van der Waals surface area contributed by atoms with Gasteiger partial charge in [0.25, 0.3) is 0 Å². The monoisotopic (exact) mass is 338 g/mol. The summed E-state index contributed by atoms with van der Waals surface area (Å²) in [5, 5.41) is 0. The van der Waals surface area contributed by atoms with E-state index < -0.39 is 0 Å². The normalized spacial score (nSPS) is 11.6. The van der Waals surface area contributed by atoms with Gasteiger partial charge in [-0.1, -0.05) is 39.5 Å². The molecule has 0 saturated heterocycles. The van der Waals surface area contributed by atoms with E-state index in [0.29, 0.717) is 5.95 Å². The van der Waals surface area contributed by atoms with Crippen molar-refractivity contribution in [3.63, 3.8) is 0 Å². The van der Waals surface area contributed by atoms with Crippen LogP contribution in [0.1, 0.15) is 46.0 Å². The van der Waals surface area contributed by atoms with Crippen molar-refractivity contribution in [2.24, 2.45) is 5.92 Å². The number of hydrogen-bond acceptors (Lipinski definition) is 3. The number of fused-ring (bicyclic) bond motifs is 1. The van der Waals surface area contributed by atoms with Gasteiger partial charge in [-0.05, 0) is 34.3 Å². The lowest BCUT2D eigenvalue weighted by molar-refractivity contribution is 0.508. The molecule has 0 atom stereocenters. The Labute approximate surface area is 128 Å². The zero-order valence-corrected chi connectivity index (χ0v) is 13.9. The molecule has 0 bridgehead atoms. The van der Waals surface area contributed by atoms with E-state index in [0.717, 1.165) is 34.5 Å². The highest BCUT2D eigenvalue weighted by atomic mass is 79.9. The van der Waals surface area contributed by atoms with Gasteiger partial charge in [0.15, 0.2) is 5.65 Å². The van der Waals surface area contributed by atoms with Gasteiger partial charge >= 0.3 is 0 Å². The molecule has 0 aliphatic rings. The number of anilines is 1. The Morgan fingerprint density at radius 3 is 2.75 bits per heavy atom. The highest BCUT2D eigenvalue weighted by Crippen LogP contribution is 2.20. The molecule has 2 rings (SSSR count). The first kappa shape index (κ1) is 15.3. The molecule has 0 fully saturated rings. The van der Waals surface area contributed by atoms with Crippen LogP contribution in [0.15, 0.2) is 16.7 Å². The number of aromatic nitrogens is 3. The summed E-state index contributed by atoms with van der Waals surface area (Å²) in [6, 6.07) is 1.96. The molecule has 0 unspecified atom stereocenters. The first-order chi connectivity index (χ1) is 9.58. The largest absolute Gasteiger partial charge is 0.369 e. The third-order valence-electron chi connectivity index (χ3n) is 3.49. The summed E-state index contributed by atoms with van der Waals surface area (Å²) < 4.78 is 2.95. The molecular weight excluding hydrogens is 316 g/mol. The van der Waals surface area contributed by atoms with E-state index in [1.807, 2.05) is 10.6 Å². The number of unbranched alkanes of at least 4 members (excludes halogenated alkanes) is 3. The molecule has 0 aliphatic heterocycles. The minimum Gasteiger partial charge on any atom is -0.369 e. The van der Waals surface area contributed by atoms with E-state index in [1.54, 1.807) is 6.20 Å². The molecule has 0 radical (unpaired) electrons. The molecule has 2 heterocycles. The molecule has 20 heavy (non-hydrogen) atoms. The lowest BCUT2D eigenvalue weighted by atomic mass is 10.0. The molecule has 2 N–H and O–H groups in total. The third kappa shape index (κ3) is 3.95. The zero-order chi connectivity index (χ0) is 14.5. The van der Waals surface area contributed by atoms with Crippen LogP contribution in [0.2, 0.25) is 0 Å². The van der Waals surface area contributed by atoms with Crippen LogP contribution >= 0.6 is 15.9 Å². The lowest BCUT2D eigenvalue weighted by Gasteiger charge is -2.07. The van der Waals surface area contributed by atoms with Gasteiger partial charge in [0.2, 0.25) is 5.95 Å². The minimum atomic E-state index is 0.563. The molecule has 5 heteroatoms. The number of halogens is 1. The van der Waals surface area contributed by atoms with Crippen molar-refractivity contribution in [2.75, 3.05) is 5.73 Å². The van der Waals surface area contributed by atoms with Gasteiger partial charge in [-0.3, -0.25) is 4.57 Å². The third-order valence-corrected chi connectivity index (χ3v) is 3.93. The van der Waals surface area contributed by atoms with Gasteiger partial charge in [-0.2, -0.15) is 0 Å². The standard InChI is InChI=1S/C15H23BrN4/c1-11(2)7-5-3-4-6-8-20-14-13(19-15(20)17)9-12(16)10-18-14/h9-11H,3-8H2,1-2H3,(H2,17,19). The summed E-state index contributed by atoms with van der Waals surface area (Å²) >= 11 is 3.41. The maximum Gasteiger partial charge on any atom is 0.202 e. The van der Waals surface area contributed by atoms with Crippen LogP contribution in [-0.4, -0.2) is 14.5 Å².